The molecule has 12 heavy (non-hydrogen) atoms. The van der Waals surface area contributed by atoms with Crippen LogP contribution < -0.4 is 0 Å². The first-order valence-corrected chi connectivity index (χ1v) is 5.20. The van der Waals surface area contributed by atoms with Crippen LogP contribution >= 0.6 is 31.9 Å². The van der Waals surface area contributed by atoms with E-state index in [9.17, 15) is 0 Å². The molecule has 2 rings (SSSR count). The Labute approximate surface area is 88.2 Å². The standard InChI is InChI=1S/C10H6Br2/c11-8-5-4-7-2-1-3-9(7)10(12)6-8/h1-6H. The fraction of sp³-hybridized carbons (Fsp3) is 0. The Morgan fingerprint density at radius 3 is 2.58 bits per heavy atom. The molecule has 0 radical (unpaired) electrons. The molecule has 0 aromatic carbocycles. The lowest BCUT2D eigenvalue weighted by molar-refractivity contribution is 1.72. The zero-order chi connectivity index (χ0) is 8.55. The summed E-state index contributed by atoms with van der Waals surface area (Å²) in [5, 5.41) is 0. The van der Waals surface area contributed by atoms with Gasteiger partial charge >= 0.3 is 0 Å². The van der Waals surface area contributed by atoms with Crippen LogP contribution in [0.15, 0.2) is 45.3 Å². The maximum Gasteiger partial charge on any atom is 0.0264 e. The third-order valence-electron chi connectivity index (χ3n) is 1.79. The molecular weight excluding hydrogens is 280 g/mol. The van der Waals surface area contributed by atoms with Crippen molar-refractivity contribution in [1.29, 1.82) is 0 Å². The molecule has 0 N–H and O–H groups in total. The molecule has 0 aromatic heterocycles. The van der Waals surface area contributed by atoms with E-state index in [4.69, 9.17) is 0 Å². The fourth-order valence-corrected chi connectivity index (χ4v) is 2.49. The number of rotatable bonds is 0. The summed E-state index contributed by atoms with van der Waals surface area (Å²) in [6.45, 7) is 0. The van der Waals surface area contributed by atoms with Gasteiger partial charge in [0, 0.05) is 8.95 Å². The SMILES string of the molecule is Brc1ccc2cccc-2c(Br)c1. The fourth-order valence-electron chi connectivity index (χ4n) is 1.21. The smallest absolute Gasteiger partial charge is 0.0264 e. The third kappa shape index (κ3) is 1.41. The largest absolute Gasteiger partial charge is 0.0610 e. The maximum absolute atomic E-state index is 3.53. The molecular formula is C10H6Br2. The highest BCUT2D eigenvalue weighted by Gasteiger charge is 2.03. The summed E-state index contributed by atoms with van der Waals surface area (Å²) in [5.41, 5.74) is 2.51. The Morgan fingerprint density at radius 1 is 0.917 bits per heavy atom. The average molecular weight is 286 g/mol. The van der Waals surface area contributed by atoms with Gasteiger partial charge in [-0.3, -0.25) is 0 Å². The molecule has 2 aliphatic carbocycles. The van der Waals surface area contributed by atoms with Crippen molar-refractivity contribution in [3.63, 3.8) is 0 Å². The van der Waals surface area contributed by atoms with E-state index in [0.29, 0.717) is 0 Å². The van der Waals surface area contributed by atoms with Crippen LogP contribution in [0.25, 0.3) is 11.1 Å². The van der Waals surface area contributed by atoms with Crippen LogP contribution in [-0.2, 0) is 0 Å². The molecule has 0 fully saturated rings. The number of hydrogen-bond donors (Lipinski definition) is 0. The van der Waals surface area contributed by atoms with Crippen molar-refractivity contribution >= 4 is 31.9 Å². The van der Waals surface area contributed by atoms with E-state index >= 15 is 0 Å². The molecule has 60 valence electrons. The quantitative estimate of drug-likeness (QED) is 0.676. The van der Waals surface area contributed by atoms with E-state index in [0.717, 1.165) is 8.95 Å². The van der Waals surface area contributed by atoms with Crippen molar-refractivity contribution in [2.45, 2.75) is 0 Å². The normalized spacial score (nSPS) is 10.5. The second kappa shape index (κ2) is 3.19. The van der Waals surface area contributed by atoms with E-state index in [1.165, 1.54) is 11.1 Å². The second-order valence-electron chi connectivity index (χ2n) is 2.61. The molecule has 2 heteroatoms. The highest BCUT2D eigenvalue weighted by Crippen LogP contribution is 2.31. The van der Waals surface area contributed by atoms with Crippen molar-refractivity contribution in [3.05, 3.63) is 45.3 Å². The molecule has 2 aliphatic rings. The minimum Gasteiger partial charge on any atom is -0.0610 e. The zero-order valence-electron chi connectivity index (χ0n) is 6.22. The van der Waals surface area contributed by atoms with Crippen molar-refractivity contribution in [1.82, 2.24) is 0 Å². The molecule has 0 unspecified atom stereocenters. The predicted molar refractivity (Wildman–Crippen MR) is 58.5 cm³/mol. The second-order valence-corrected chi connectivity index (χ2v) is 4.38. The van der Waals surface area contributed by atoms with Gasteiger partial charge in [-0.2, -0.15) is 0 Å². The Balaban J connectivity index is 2.78. The Bertz CT molecular complexity index is 382. The van der Waals surface area contributed by atoms with Gasteiger partial charge < -0.3 is 0 Å². The van der Waals surface area contributed by atoms with Crippen LogP contribution in [0.1, 0.15) is 0 Å². The van der Waals surface area contributed by atoms with Crippen molar-refractivity contribution in [2.75, 3.05) is 0 Å². The van der Waals surface area contributed by atoms with Gasteiger partial charge in [0.05, 0.1) is 0 Å². The lowest BCUT2D eigenvalue weighted by atomic mass is 10.2. The van der Waals surface area contributed by atoms with Crippen LogP contribution in [0, 0.1) is 0 Å². The van der Waals surface area contributed by atoms with E-state index < -0.39 is 0 Å². The third-order valence-corrected chi connectivity index (χ3v) is 2.94. The van der Waals surface area contributed by atoms with Crippen molar-refractivity contribution < 1.29 is 0 Å². The number of hydrogen-bond acceptors (Lipinski definition) is 0. The monoisotopic (exact) mass is 284 g/mol. The van der Waals surface area contributed by atoms with Gasteiger partial charge in [-0.15, -0.1) is 0 Å². The van der Waals surface area contributed by atoms with Crippen LogP contribution in [0.4, 0.5) is 0 Å². The average Bonchev–Trinajstić information content (AvgIpc) is 2.43. The Morgan fingerprint density at radius 2 is 1.75 bits per heavy atom. The summed E-state index contributed by atoms with van der Waals surface area (Å²) in [7, 11) is 0. The van der Waals surface area contributed by atoms with Gasteiger partial charge in [0.1, 0.15) is 0 Å². The van der Waals surface area contributed by atoms with E-state index in [2.05, 4.69) is 62.2 Å². The Kier molecular flexibility index (Phi) is 2.20. The summed E-state index contributed by atoms with van der Waals surface area (Å²) >= 11 is 6.97. The molecule has 0 amide bonds. The first-order valence-electron chi connectivity index (χ1n) is 3.61. The highest BCUT2D eigenvalue weighted by molar-refractivity contribution is 9.11. The predicted octanol–water partition coefficient (Wildman–Crippen LogP) is 4.32. The molecule has 0 atom stereocenters. The van der Waals surface area contributed by atoms with Crippen LogP contribution in [0.2, 0.25) is 0 Å². The maximum atomic E-state index is 3.53. The van der Waals surface area contributed by atoms with Crippen LogP contribution in [0.5, 0.6) is 0 Å². The number of fused-ring (bicyclic) bond motifs is 1. The minimum absolute atomic E-state index is 1.09. The minimum atomic E-state index is 1.09. The topological polar surface area (TPSA) is 0 Å². The first kappa shape index (κ1) is 8.27. The van der Waals surface area contributed by atoms with Crippen molar-refractivity contribution in [3.8, 4) is 11.1 Å². The lowest BCUT2D eigenvalue weighted by Gasteiger charge is -1.92. The summed E-state index contributed by atoms with van der Waals surface area (Å²) in [4.78, 5) is 0. The first-order chi connectivity index (χ1) is 5.77. The van der Waals surface area contributed by atoms with E-state index in [1.54, 1.807) is 0 Å². The van der Waals surface area contributed by atoms with Gasteiger partial charge in [-0.25, -0.2) is 0 Å². The van der Waals surface area contributed by atoms with Crippen LogP contribution in [-0.4, -0.2) is 0 Å². The number of halogens is 2. The van der Waals surface area contributed by atoms with Crippen LogP contribution in [0.3, 0.4) is 0 Å². The summed E-state index contributed by atoms with van der Waals surface area (Å²) in [5.74, 6) is 0. The summed E-state index contributed by atoms with van der Waals surface area (Å²) < 4.78 is 2.21. The molecule has 0 spiro atoms. The van der Waals surface area contributed by atoms with E-state index in [1.807, 2.05) is 6.07 Å². The molecule has 0 bridgehead atoms. The zero-order valence-corrected chi connectivity index (χ0v) is 9.39. The van der Waals surface area contributed by atoms with Gasteiger partial charge in [-0.1, -0.05) is 56.1 Å². The molecule has 0 heterocycles. The molecule has 0 saturated carbocycles. The van der Waals surface area contributed by atoms with Gasteiger partial charge in [-0.05, 0) is 23.3 Å². The molecule has 0 aliphatic heterocycles. The van der Waals surface area contributed by atoms with Crippen molar-refractivity contribution in [2.24, 2.45) is 0 Å². The lowest BCUT2D eigenvalue weighted by Crippen LogP contribution is -1.65. The van der Waals surface area contributed by atoms with E-state index in [-0.39, 0.29) is 0 Å². The molecule has 0 aromatic rings. The van der Waals surface area contributed by atoms with Gasteiger partial charge in [0.2, 0.25) is 0 Å². The summed E-state index contributed by atoms with van der Waals surface area (Å²) in [6, 6.07) is 12.5. The Hall–Kier alpha value is -0.340. The van der Waals surface area contributed by atoms with Gasteiger partial charge in [0.25, 0.3) is 0 Å². The van der Waals surface area contributed by atoms with Gasteiger partial charge in [0.15, 0.2) is 0 Å². The highest BCUT2D eigenvalue weighted by atomic mass is 79.9. The molecule has 0 saturated heterocycles. The molecule has 0 nitrogen and oxygen atoms in total. The summed E-state index contributed by atoms with van der Waals surface area (Å²) in [6.07, 6.45) is 0.